The van der Waals surface area contributed by atoms with Crippen LogP contribution in [0.5, 0.6) is 0 Å². The molecule has 0 aliphatic heterocycles. The molecule has 0 fully saturated rings. The second kappa shape index (κ2) is 15.6. The molecular formula is C19H37ClO2. The zero-order chi connectivity index (χ0) is 16.6. The fourth-order valence-electron chi connectivity index (χ4n) is 2.90. The van der Waals surface area contributed by atoms with Crippen molar-refractivity contribution in [1.29, 1.82) is 0 Å². The number of carbonyl (C=O) groups is 1. The molecule has 0 aliphatic carbocycles. The number of hydrogen-bond acceptors (Lipinski definition) is 1. The fraction of sp³-hybridized carbons (Fsp3) is 0.947. The molecule has 0 bridgehead atoms. The van der Waals surface area contributed by atoms with Crippen LogP contribution in [0.3, 0.4) is 0 Å². The lowest BCUT2D eigenvalue weighted by Gasteiger charge is -2.12. The monoisotopic (exact) mass is 332 g/mol. The summed E-state index contributed by atoms with van der Waals surface area (Å²) < 4.78 is 0. The van der Waals surface area contributed by atoms with Gasteiger partial charge in [-0.15, -0.1) is 11.6 Å². The maximum Gasteiger partial charge on any atom is 0.306 e. The highest BCUT2D eigenvalue weighted by Crippen LogP contribution is 2.20. The SMILES string of the molecule is CCCCCC(Cl)CCCCCCC(CCCCC)C(=O)O. The highest BCUT2D eigenvalue weighted by Gasteiger charge is 2.16. The van der Waals surface area contributed by atoms with Gasteiger partial charge >= 0.3 is 5.97 Å². The Kier molecular flexibility index (Phi) is 15.5. The van der Waals surface area contributed by atoms with E-state index >= 15 is 0 Å². The van der Waals surface area contributed by atoms with Crippen LogP contribution in [-0.4, -0.2) is 16.5 Å². The van der Waals surface area contributed by atoms with Crippen LogP contribution >= 0.6 is 11.6 Å². The molecule has 0 aliphatic rings. The van der Waals surface area contributed by atoms with Crippen LogP contribution < -0.4 is 0 Å². The van der Waals surface area contributed by atoms with E-state index in [-0.39, 0.29) is 5.92 Å². The summed E-state index contributed by atoms with van der Waals surface area (Å²) >= 11 is 6.31. The van der Waals surface area contributed by atoms with Gasteiger partial charge in [-0.2, -0.15) is 0 Å². The maximum absolute atomic E-state index is 11.2. The van der Waals surface area contributed by atoms with Crippen molar-refractivity contribution in [2.24, 2.45) is 5.92 Å². The second-order valence-corrected chi connectivity index (χ2v) is 7.23. The first-order valence-corrected chi connectivity index (χ1v) is 9.92. The lowest BCUT2D eigenvalue weighted by molar-refractivity contribution is -0.142. The van der Waals surface area contributed by atoms with Gasteiger partial charge in [0.05, 0.1) is 5.92 Å². The molecule has 0 aromatic rings. The summed E-state index contributed by atoms with van der Waals surface area (Å²) in [5.74, 6) is -0.728. The number of rotatable bonds is 16. The first kappa shape index (κ1) is 21.8. The molecule has 0 spiro atoms. The number of carboxylic acids is 1. The lowest BCUT2D eigenvalue weighted by atomic mass is 9.94. The van der Waals surface area contributed by atoms with Crippen molar-refractivity contribution in [2.45, 2.75) is 109 Å². The Labute approximate surface area is 143 Å². The van der Waals surface area contributed by atoms with Gasteiger partial charge in [-0.3, -0.25) is 4.79 Å². The van der Waals surface area contributed by atoms with Crippen molar-refractivity contribution in [1.82, 2.24) is 0 Å². The number of hydrogen-bond donors (Lipinski definition) is 1. The molecule has 1 N–H and O–H groups in total. The van der Waals surface area contributed by atoms with Crippen LogP contribution in [0.15, 0.2) is 0 Å². The van der Waals surface area contributed by atoms with Gasteiger partial charge in [-0.1, -0.05) is 78.1 Å². The Morgan fingerprint density at radius 3 is 1.64 bits per heavy atom. The second-order valence-electron chi connectivity index (χ2n) is 6.62. The van der Waals surface area contributed by atoms with Crippen molar-refractivity contribution in [3.05, 3.63) is 0 Å². The summed E-state index contributed by atoms with van der Waals surface area (Å²) in [4.78, 5) is 11.2. The van der Waals surface area contributed by atoms with E-state index in [1.165, 1.54) is 32.1 Å². The summed E-state index contributed by atoms with van der Waals surface area (Å²) in [6, 6.07) is 0. The molecular weight excluding hydrogens is 296 g/mol. The van der Waals surface area contributed by atoms with E-state index in [1.54, 1.807) is 0 Å². The highest BCUT2D eigenvalue weighted by atomic mass is 35.5. The van der Waals surface area contributed by atoms with Crippen molar-refractivity contribution < 1.29 is 9.90 Å². The van der Waals surface area contributed by atoms with Gasteiger partial charge in [0.1, 0.15) is 0 Å². The predicted molar refractivity (Wildman–Crippen MR) is 96.8 cm³/mol. The topological polar surface area (TPSA) is 37.3 Å². The van der Waals surface area contributed by atoms with Gasteiger partial charge in [-0.25, -0.2) is 0 Å². The van der Waals surface area contributed by atoms with Gasteiger partial charge in [0, 0.05) is 5.38 Å². The van der Waals surface area contributed by atoms with Crippen LogP contribution in [0, 0.1) is 5.92 Å². The minimum absolute atomic E-state index is 0.124. The number of carboxylic acid groups (broad SMARTS) is 1. The largest absolute Gasteiger partial charge is 0.481 e. The van der Waals surface area contributed by atoms with Crippen molar-refractivity contribution in [2.75, 3.05) is 0 Å². The molecule has 0 aromatic heterocycles. The summed E-state index contributed by atoms with van der Waals surface area (Å²) in [6.45, 7) is 4.37. The standard InChI is InChI=1S/C19H37ClO2/c1-3-5-9-13-17(19(21)22)14-11-7-8-12-16-18(20)15-10-6-4-2/h17-18H,3-16H2,1-2H3,(H,21,22). The van der Waals surface area contributed by atoms with Gasteiger partial charge in [-0.05, 0) is 25.7 Å². The van der Waals surface area contributed by atoms with Crippen molar-refractivity contribution in [3.8, 4) is 0 Å². The third-order valence-corrected chi connectivity index (χ3v) is 4.88. The van der Waals surface area contributed by atoms with E-state index in [9.17, 15) is 9.90 Å². The van der Waals surface area contributed by atoms with Crippen LogP contribution in [0.25, 0.3) is 0 Å². The van der Waals surface area contributed by atoms with Gasteiger partial charge in [0.15, 0.2) is 0 Å². The quantitative estimate of drug-likeness (QED) is 0.249. The molecule has 2 unspecified atom stereocenters. The van der Waals surface area contributed by atoms with Crippen LogP contribution in [0.1, 0.15) is 104 Å². The average molecular weight is 333 g/mol. The summed E-state index contributed by atoms with van der Waals surface area (Å²) in [5.41, 5.74) is 0. The Bertz CT molecular complexity index is 256. The molecule has 0 aromatic carbocycles. The Morgan fingerprint density at radius 1 is 0.773 bits per heavy atom. The van der Waals surface area contributed by atoms with E-state index in [4.69, 9.17) is 11.6 Å². The van der Waals surface area contributed by atoms with Gasteiger partial charge in [0.2, 0.25) is 0 Å². The molecule has 22 heavy (non-hydrogen) atoms. The molecule has 2 atom stereocenters. The molecule has 0 amide bonds. The van der Waals surface area contributed by atoms with Crippen molar-refractivity contribution >= 4 is 17.6 Å². The third-order valence-electron chi connectivity index (χ3n) is 4.45. The van der Waals surface area contributed by atoms with E-state index in [2.05, 4.69) is 13.8 Å². The van der Waals surface area contributed by atoms with Gasteiger partial charge in [0.25, 0.3) is 0 Å². The van der Waals surface area contributed by atoms with Crippen molar-refractivity contribution in [3.63, 3.8) is 0 Å². The number of alkyl halides is 1. The van der Waals surface area contributed by atoms with Crippen LogP contribution in [-0.2, 0) is 4.79 Å². The predicted octanol–water partition coefficient (Wildman–Crippen LogP) is 6.80. The Hall–Kier alpha value is -0.240. The summed E-state index contributed by atoms with van der Waals surface area (Å²) in [7, 11) is 0. The molecule has 0 heterocycles. The number of halogens is 1. The minimum atomic E-state index is -0.604. The van der Waals surface area contributed by atoms with Crippen LogP contribution in [0.4, 0.5) is 0 Å². The van der Waals surface area contributed by atoms with Crippen LogP contribution in [0.2, 0.25) is 0 Å². The maximum atomic E-state index is 11.2. The molecule has 3 heteroatoms. The van der Waals surface area contributed by atoms with E-state index in [0.29, 0.717) is 5.38 Å². The van der Waals surface area contributed by atoms with E-state index < -0.39 is 5.97 Å². The Morgan fingerprint density at radius 2 is 1.18 bits per heavy atom. The molecule has 0 rings (SSSR count). The molecule has 132 valence electrons. The lowest BCUT2D eigenvalue weighted by Crippen LogP contribution is -2.13. The molecule has 2 nitrogen and oxygen atoms in total. The molecule has 0 radical (unpaired) electrons. The zero-order valence-electron chi connectivity index (χ0n) is 14.8. The summed E-state index contributed by atoms with van der Waals surface area (Å²) in [6.07, 6.45) is 15.7. The highest BCUT2D eigenvalue weighted by molar-refractivity contribution is 6.20. The first-order valence-electron chi connectivity index (χ1n) is 9.48. The number of unbranched alkanes of at least 4 members (excludes halogenated alkanes) is 7. The van der Waals surface area contributed by atoms with E-state index in [1.807, 2.05) is 0 Å². The van der Waals surface area contributed by atoms with Gasteiger partial charge < -0.3 is 5.11 Å². The number of aliphatic carboxylic acids is 1. The smallest absolute Gasteiger partial charge is 0.306 e. The first-order chi connectivity index (χ1) is 10.6. The summed E-state index contributed by atoms with van der Waals surface area (Å²) in [5, 5.41) is 9.57. The minimum Gasteiger partial charge on any atom is -0.481 e. The Balaban J connectivity index is 3.54. The molecule has 0 saturated carbocycles. The average Bonchev–Trinajstić information content (AvgIpc) is 2.49. The zero-order valence-corrected chi connectivity index (χ0v) is 15.5. The van der Waals surface area contributed by atoms with E-state index in [0.717, 1.165) is 57.8 Å². The molecule has 0 saturated heterocycles. The normalized spacial score (nSPS) is 14.0. The fourth-order valence-corrected chi connectivity index (χ4v) is 3.21. The third kappa shape index (κ3) is 13.4.